The van der Waals surface area contributed by atoms with Crippen molar-refractivity contribution in [1.29, 1.82) is 5.26 Å². The molecule has 10 rings (SSSR count). The molecule has 8 heteroatoms. The Morgan fingerprint density at radius 2 is 1.13 bits per heavy atom. The van der Waals surface area contributed by atoms with Crippen molar-refractivity contribution in [2.24, 2.45) is 0 Å². The summed E-state index contributed by atoms with van der Waals surface area (Å²) >= 11 is 1.66. The van der Waals surface area contributed by atoms with Gasteiger partial charge in [-0.2, -0.15) is 5.26 Å². The van der Waals surface area contributed by atoms with Crippen molar-refractivity contribution in [1.82, 2.24) is 24.9 Å². The lowest BCUT2D eigenvalue weighted by Gasteiger charge is -2.09. The van der Waals surface area contributed by atoms with Gasteiger partial charge in [0.05, 0.1) is 33.1 Å². The van der Waals surface area contributed by atoms with E-state index in [0.29, 0.717) is 40.0 Å². The van der Waals surface area contributed by atoms with Gasteiger partial charge in [-0.25, -0.2) is 24.9 Å². The number of furan rings is 1. The van der Waals surface area contributed by atoms with Crippen LogP contribution in [0.1, 0.15) is 5.56 Å². The van der Waals surface area contributed by atoms with Crippen molar-refractivity contribution in [3.8, 4) is 62.9 Å². The van der Waals surface area contributed by atoms with Crippen molar-refractivity contribution in [3.05, 3.63) is 151 Å². The highest BCUT2D eigenvalue weighted by molar-refractivity contribution is 7.26. The van der Waals surface area contributed by atoms with E-state index in [9.17, 15) is 5.26 Å². The molecule has 0 aliphatic carbocycles. The number of nitriles is 1. The Morgan fingerprint density at radius 1 is 0.519 bits per heavy atom. The maximum atomic E-state index is 9.70. The molecule has 0 aliphatic heterocycles. The first kappa shape index (κ1) is 29.8. The van der Waals surface area contributed by atoms with Gasteiger partial charge in [0.1, 0.15) is 11.2 Å². The highest BCUT2D eigenvalue weighted by Gasteiger charge is 2.22. The molecule has 0 fully saturated rings. The smallest absolute Gasteiger partial charge is 0.164 e. The predicted molar refractivity (Wildman–Crippen MR) is 207 cm³/mol. The Bertz CT molecular complexity index is 2980. The molecule has 242 valence electrons. The molecule has 0 saturated heterocycles. The van der Waals surface area contributed by atoms with Crippen LogP contribution in [-0.4, -0.2) is 24.9 Å². The van der Waals surface area contributed by atoms with Gasteiger partial charge in [-0.05, 0) is 30.3 Å². The summed E-state index contributed by atoms with van der Waals surface area (Å²) in [5.41, 5.74) is 7.84. The quantitative estimate of drug-likeness (QED) is 0.178. The zero-order chi connectivity index (χ0) is 34.6. The summed E-state index contributed by atoms with van der Waals surface area (Å²) < 4.78 is 8.79. The maximum absolute atomic E-state index is 9.70. The van der Waals surface area contributed by atoms with Crippen LogP contribution >= 0.6 is 11.3 Å². The van der Waals surface area contributed by atoms with Gasteiger partial charge in [-0.3, -0.25) is 0 Å². The molecule has 0 N–H and O–H groups in total. The highest BCUT2D eigenvalue weighted by Crippen LogP contribution is 2.43. The average molecular weight is 685 g/mol. The first-order chi connectivity index (χ1) is 25.7. The number of aromatic nitrogens is 5. The molecule has 0 unspecified atom stereocenters. The number of fused-ring (bicyclic) bond motifs is 6. The summed E-state index contributed by atoms with van der Waals surface area (Å²) in [7, 11) is 0. The minimum Gasteiger partial charge on any atom is -0.455 e. The summed E-state index contributed by atoms with van der Waals surface area (Å²) in [5.74, 6) is 2.27. The molecule has 10 aromatic rings. The van der Waals surface area contributed by atoms with E-state index in [1.807, 2.05) is 121 Å². The molecule has 7 nitrogen and oxygen atoms in total. The maximum Gasteiger partial charge on any atom is 0.164 e. The van der Waals surface area contributed by atoms with Crippen LogP contribution in [0.5, 0.6) is 0 Å². The lowest BCUT2D eigenvalue weighted by Crippen LogP contribution is -2.00. The Balaban J connectivity index is 1.21. The van der Waals surface area contributed by atoms with Crippen molar-refractivity contribution < 1.29 is 4.42 Å². The molecular weight excluding hydrogens is 661 g/mol. The van der Waals surface area contributed by atoms with Crippen LogP contribution in [0, 0.1) is 11.3 Å². The minimum atomic E-state index is 0.539. The first-order valence-electron chi connectivity index (χ1n) is 16.7. The number of hydrogen-bond acceptors (Lipinski definition) is 8. The highest BCUT2D eigenvalue weighted by atomic mass is 32.1. The second-order valence-electron chi connectivity index (χ2n) is 12.4. The van der Waals surface area contributed by atoms with Gasteiger partial charge < -0.3 is 4.42 Å². The summed E-state index contributed by atoms with van der Waals surface area (Å²) in [6.45, 7) is 0. The van der Waals surface area contributed by atoms with E-state index in [2.05, 4.69) is 24.3 Å². The number of thiophene rings is 1. The molecule has 0 radical (unpaired) electrons. The van der Waals surface area contributed by atoms with E-state index in [-0.39, 0.29) is 0 Å². The van der Waals surface area contributed by atoms with E-state index in [1.54, 1.807) is 17.4 Å². The van der Waals surface area contributed by atoms with Crippen LogP contribution in [0.2, 0.25) is 0 Å². The van der Waals surface area contributed by atoms with Crippen LogP contribution < -0.4 is 0 Å². The van der Waals surface area contributed by atoms with Crippen LogP contribution in [0.4, 0.5) is 0 Å². The molecule has 0 saturated carbocycles. The van der Waals surface area contributed by atoms with E-state index >= 15 is 0 Å². The second-order valence-corrected chi connectivity index (χ2v) is 13.4. The molecule has 0 bridgehead atoms. The molecule has 4 aromatic heterocycles. The van der Waals surface area contributed by atoms with Gasteiger partial charge in [0.15, 0.2) is 23.3 Å². The van der Waals surface area contributed by atoms with E-state index in [0.717, 1.165) is 64.6 Å². The molecule has 0 atom stereocenters. The predicted octanol–water partition coefficient (Wildman–Crippen LogP) is 11.1. The monoisotopic (exact) mass is 684 g/mol. The first-order valence-corrected chi connectivity index (χ1v) is 17.6. The second kappa shape index (κ2) is 12.1. The van der Waals surface area contributed by atoms with Crippen molar-refractivity contribution in [3.63, 3.8) is 0 Å². The lowest BCUT2D eigenvalue weighted by molar-refractivity contribution is 0.669. The molecule has 4 heterocycles. The number of rotatable bonds is 5. The molecule has 0 spiro atoms. The topological polar surface area (TPSA) is 101 Å². The van der Waals surface area contributed by atoms with E-state index in [4.69, 9.17) is 29.3 Å². The Morgan fingerprint density at radius 3 is 1.90 bits per heavy atom. The standard InChI is InChI=1S/C44H24N6OS/c45-25-26-12-9-17-29(24-26)37-40-38(30-18-7-8-23-35(30)52-40)47-44(46-37)33-21-10-19-31-36-32(20-11-22-34(36)51-39(31)33)43-49-41(27-13-3-1-4-14-27)48-42(50-43)28-15-5-2-6-16-28/h1-24H. The number of para-hydroxylation sites is 1. The summed E-state index contributed by atoms with van der Waals surface area (Å²) in [6, 6.07) is 50.1. The molecular formula is C44H24N6OS. The lowest BCUT2D eigenvalue weighted by atomic mass is 10.0. The minimum absolute atomic E-state index is 0.539. The van der Waals surface area contributed by atoms with E-state index in [1.165, 1.54) is 0 Å². The summed E-state index contributed by atoms with van der Waals surface area (Å²) in [6.07, 6.45) is 0. The third kappa shape index (κ3) is 4.91. The fourth-order valence-electron chi connectivity index (χ4n) is 6.78. The van der Waals surface area contributed by atoms with Crippen LogP contribution in [0.25, 0.3) is 99.1 Å². The van der Waals surface area contributed by atoms with Gasteiger partial charge in [0.25, 0.3) is 0 Å². The molecule has 6 aromatic carbocycles. The zero-order valence-corrected chi connectivity index (χ0v) is 28.2. The summed E-state index contributed by atoms with van der Waals surface area (Å²) in [4.78, 5) is 25.3. The van der Waals surface area contributed by atoms with Gasteiger partial charge in [0, 0.05) is 43.1 Å². The van der Waals surface area contributed by atoms with Gasteiger partial charge >= 0.3 is 0 Å². The molecule has 0 amide bonds. The van der Waals surface area contributed by atoms with Crippen LogP contribution in [0.3, 0.4) is 0 Å². The largest absolute Gasteiger partial charge is 0.455 e. The van der Waals surface area contributed by atoms with Crippen LogP contribution in [0.15, 0.2) is 150 Å². The Kier molecular flexibility index (Phi) is 6.91. The number of hydrogen-bond donors (Lipinski definition) is 0. The van der Waals surface area contributed by atoms with Crippen molar-refractivity contribution >= 4 is 53.6 Å². The van der Waals surface area contributed by atoms with Crippen molar-refractivity contribution in [2.75, 3.05) is 0 Å². The zero-order valence-electron chi connectivity index (χ0n) is 27.4. The third-order valence-corrected chi connectivity index (χ3v) is 10.4. The number of benzene rings is 6. The van der Waals surface area contributed by atoms with Gasteiger partial charge in [-0.1, -0.05) is 115 Å². The Labute approximate surface area is 301 Å². The summed E-state index contributed by atoms with van der Waals surface area (Å²) in [5, 5.41) is 12.6. The third-order valence-electron chi connectivity index (χ3n) is 9.19. The van der Waals surface area contributed by atoms with Crippen molar-refractivity contribution in [2.45, 2.75) is 0 Å². The van der Waals surface area contributed by atoms with E-state index < -0.39 is 0 Å². The van der Waals surface area contributed by atoms with Gasteiger partial charge in [0.2, 0.25) is 0 Å². The number of nitrogens with zero attached hydrogens (tertiary/aromatic N) is 6. The average Bonchev–Trinajstić information content (AvgIpc) is 3.80. The fraction of sp³-hybridized carbons (Fsp3) is 0. The fourth-order valence-corrected chi connectivity index (χ4v) is 7.94. The molecule has 0 aliphatic rings. The van der Waals surface area contributed by atoms with Crippen LogP contribution in [-0.2, 0) is 0 Å². The normalized spacial score (nSPS) is 11.4. The molecule has 52 heavy (non-hydrogen) atoms. The Hall–Kier alpha value is -7.08. The van der Waals surface area contributed by atoms with Gasteiger partial charge in [-0.15, -0.1) is 11.3 Å². The SMILES string of the molecule is N#Cc1cccc(-c2nc(-c3cccc4c3oc3cccc(-c5nc(-c6ccccc6)nc(-c6ccccc6)n5)c34)nc3c2sc2ccccc23)c1.